The van der Waals surface area contributed by atoms with Gasteiger partial charge in [0.15, 0.2) is 0 Å². The van der Waals surface area contributed by atoms with Gasteiger partial charge >= 0.3 is 5.69 Å². The van der Waals surface area contributed by atoms with Gasteiger partial charge in [0.05, 0.1) is 35.9 Å². The summed E-state index contributed by atoms with van der Waals surface area (Å²) in [5, 5.41) is 3.58. The van der Waals surface area contributed by atoms with E-state index in [9.17, 15) is 14.0 Å². The average Bonchev–Trinajstić information content (AvgIpc) is 3.48. The zero-order chi connectivity index (χ0) is 27.1. The number of aryl methyl sites for hydroxylation is 2. The molecular weight excluding hydrogens is 505 g/mol. The highest BCUT2D eigenvalue weighted by molar-refractivity contribution is 7.22. The van der Waals surface area contributed by atoms with Crippen molar-refractivity contribution in [2.75, 3.05) is 20.7 Å². The molecule has 10 heteroatoms. The van der Waals surface area contributed by atoms with Crippen LogP contribution >= 0.6 is 11.3 Å². The standard InChI is InChI=1S/C28H28FN5O3S/c1-16-14-32(15-31-16)22-11-6-19(12-23(22)37-5)25-18(3)24-26(35)34(21-9-7-20(29)8-10-21)28(36)33(27(24)38-25)17(2)13-30-4/h6-12,14-15,17,30H,13H2,1-5H3. The van der Waals surface area contributed by atoms with Gasteiger partial charge in [0, 0.05) is 23.7 Å². The lowest BCUT2D eigenvalue weighted by Crippen LogP contribution is -2.41. The maximum atomic E-state index is 13.8. The van der Waals surface area contributed by atoms with Crippen molar-refractivity contribution in [1.29, 1.82) is 0 Å². The summed E-state index contributed by atoms with van der Waals surface area (Å²) in [5.41, 5.74) is 2.80. The van der Waals surface area contributed by atoms with Gasteiger partial charge in [0.25, 0.3) is 5.56 Å². The fourth-order valence-electron chi connectivity index (χ4n) is 4.77. The number of thiophene rings is 1. The van der Waals surface area contributed by atoms with E-state index in [0.717, 1.165) is 32.0 Å². The first-order valence-electron chi connectivity index (χ1n) is 12.2. The Morgan fingerprint density at radius 2 is 1.87 bits per heavy atom. The summed E-state index contributed by atoms with van der Waals surface area (Å²) in [6.45, 7) is 6.26. The Labute approximate surface area is 222 Å². The van der Waals surface area contributed by atoms with Crippen molar-refractivity contribution in [3.63, 3.8) is 0 Å². The van der Waals surface area contributed by atoms with Crippen LogP contribution in [0.5, 0.6) is 5.75 Å². The van der Waals surface area contributed by atoms with Crippen LogP contribution in [-0.2, 0) is 0 Å². The zero-order valence-corrected chi connectivity index (χ0v) is 22.6. The lowest BCUT2D eigenvalue weighted by Gasteiger charge is -2.18. The highest BCUT2D eigenvalue weighted by atomic mass is 32.1. The molecule has 0 saturated heterocycles. The summed E-state index contributed by atoms with van der Waals surface area (Å²) < 4.78 is 24.0. The third kappa shape index (κ3) is 4.25. The van der Waals surface area contributed by atoms with Crippen LogP contribution in [0.15, 0.2) is 64.6 Å². The van der Waals surface area contributed by atoms with E-state index in [0.29, 0.717) is 28.2 Å². The van der Waals surface area contributed by atoms with Crippen LogP contribution in [0.4, 0.5) is 4.39 Å². The number of methoxy groups -OCH3 is 1. The van der Waals surface area contributed by atoms with E-state index >= 15 is 0 Å². The topological polar surface area (TPSA) is 83.1 Å². The normalized spacial score (nSPS) is 12.3. The summed E-state index contributed by atoms with van der Waals surface area (Å²) in [6, 6.07) is 11.0. The van der Waals surface area contributed by atoms with E-state index < -0.39 is 17.1 Å². The second-order valence-corrected chi connectivity index (χ2v) is 10.2. The first-order chi connectivity index (χ1) is 18.2. The number of imidazole rings is 1. The summed E-state index contributed by atoms with van der Waals surface area (Å²) in [4.78, 5) is 33.3. The molecule has 0 saturated carbocycles. The minimum atomic E-state index is -0.465. The Morgan fingerprint density at radius 1 is 1.13 bits per heavy atom. The molecule has 2 aromatic carbocycles. The molecule has 38 heavy (non-hydrogen) atoms. The first kappa shape index (κ1) is 25.6. The van der Waals surface area contributed by atoms with E-state index in [-0.39, 0.29) is 6.04 Å². The van der Waals surface area contributed by atoms with E-state index in [4.69, 9.17) is 4.74 Å². The molecule has 1 atom stereocenters. The Hall–Kier alpha value is -4.02. The van der Waals surface area contributed by atoms with Crippen molar-refractivity contribution >= 4 is 21.6 Å². The number of nitrogens with zero attached hydrogens (tertiary/aromatic N) is 4. The van der Waals surface area contributed by atoms with Gasteiger partial charge in [-0.1, -0.05) is 6.07 Å². The molecule has 0 radical (unpaired) electrons. The zero-order valence-electron chi connectivity index (χ0n) is 21.8. The number of hydrogen-bond donors (Lipinski definition) is 1. The molecule has 0 aliphatic rings. The van der Waals surface area contributed by atoms with Crippen LogP contribution in [-0.4, -0.2) is 39.4 Å². The van der Waals surface area contributed by atoms with E-state index in [1.165, 1.54) is 35.6 Å². The number of fused-ring (bicyclic) bond motifs is 1. The van der Waals surface area contributed by atoms with Crippen LogP contribution in [0, 0.1) is 19.7 Å². The van der Waals surface area contributed by atoms with Crippen LogP contribution in [0.1, 0.15) is 24.2 Å². The first-order valence-corrected chi connectivity index (χ1v) is 13.0. The second-order valence-electron chi connectivity index (χ2n) is 9.22. The maximum absolute atomic E-state index is 13.8. The lowest BCUT2D eigenvalue weighted by atomic mass is 10.1. The van der Waals surface area contributed by atoms with Crippen LogP contribution < -0.4 is 21.3 Å². The number of likely N-dealkylation sites (N-methyl/N-ethyl adjacent to an activating group) is 1. The Kier molecular flexibility index (Phi) is 6.77. The minimum Gasteiger partial charge on any atom is -0.495 e. The van der Waals surface area contributed by atoms with E-state index in [2.05, 4.69) is 10.3 Å². The molecule has 0 spiro atoms. The monoisotopic (exact) mass is 533 g/mol. The van der Waals surface area contributed by atoms with Crippen molar-refractivity contribution in [3.05, 3.63) is 92.9 Å². The summed E-state index contributed by atoms with van der Waals surface area (Å²) in [6.07, 6.45) is 3.65. The molecule has 5 aromatic rings. The van der Waals surface area contributed by atoms with Crippen molar-refractivity contribution < 1.29 is 9.13 Å². The third-order valence-electron chi connectivity index (χ3n) is 6.62. The molecule has 3 aromatic heterocycles. The van der Waals surface area contributed by atoms with E-state index in [1.54, 1.807) is 18.0 Å². The Morgan fingerprint density at radius 3 is 2.50 bits per heavy atom. The number of rotatable bonds is 7. The fourth-order valence-corrected chi connectivity index (χ4v) is 6.16. The second kappa shape index (κ2) is 10.0. The summed E-state index contributed by atoms with van der Waals surface area (Å²) >= 11 is 1.40. The van der Waals surface area contributed by atoms with Crippen molar-refractivity contribution in [2.45, 2.75) is 26.8 Å². The number of halogens is 1. The number of ether oxygens (including phenoxy) is 1. The maximum Gasteiger partial charge on any atom is 0.337 e. The van der Waals surface area contributed by atoms with Gasteiger partial charge in [-0.05, 0) is 75.3 Å². The Balaban J connectivity index is 1.77. The van der Waals surface area contributed by atoms with Gasteiger partial charge in [-0.2, -0.15) is 0 Å². The molecule has 8 nitrogen and oxygen atoms in total. The number of aromatic nitrogens is 4. The molecule has 1 N–H and O–H groups in total. The SMILES string of the molecule is CNCC(C)n1c(=O)n(-c2ccc(F)cc2)c(=O)c2c(C)c(-c3ccc(-n4cnc(C)c4)c(OC)c3)sc21. The summed E-state index contributed by atoms with van der Waals surface area (Å²) in [7, 11) is 3.43. The van der Waals surface area contributed by atoms with Gasteiger partial charge in [-0.15, -0.1) is 11.3 Å². The largest absolute Gasteiger partial charge is 0.495 e. The van der Waals surface area contributed by atoms with Gasteiger partial charge in [0.2, 0.25) is 0 Å². The Bertz CT molecular complexity index is 1760. The molecule has 3 heterocycles. The van der Waals surface area contributed by atoms with Gasteiger partial charge in [0.1, 0.15) is 16.4 Å². The van der Waals surface area contributed by atoms with E-state index in [1.807, 2.05) is 56.8 Å². The van der Waals surface area contributed by atoms with Gasteiger partial charge in [-0.25, -0.2) is 18.7 Å². The van der Waals surface area contributed by atoms with Crippen LogP contribution in [0.25, 0.3) is 32.0 Å². The molecule has 0 aliphatic heterocycles. The molecule has 0 fully saturated rings. The highest BCUT2D eigenvalue weighted by Gasteiger charge is 2.24. The molecule has 0 amide bonds. The van der Waals surface area contributed by atoms with Gasteiger partial charge in [-0.3, -0.25) is 9.36 Å². The minimum absolute atomic E-state index is 0.241. The number of hydrogen-bond acceptors (Lipinski definition) is 6. The predicted octanol–water partition coefficient (Wildman–Crippen LogP) is 4.61. The predicted molar refractivity (Wildman–Crippen MR) is 149 cm³/mol. The molecule has 5 rings (SSSR count). The summed E-state index contributed by atoms with van der Waals surface area (Å²) in [5.74, 6) is 0.213. The number of nitrogens with one attached hydrogen (secondary N) is 1. The molecule has 0 bridgehead atoms. The highest BCUT2D eigenvalue weighted by Crippen LogP contribution is 2.39. The average molecular weight is 534 g/mol. The van der Waals surface area contributed by atoms with Gasteiger partial charge < -0.3 is 14.6 Å². The lowest BCUT2D eigenvalue weighted by molar-refractivity contribution is 0.413. The van der Waals surface area contributed by atoms with Crippen molar-refractivity contribution in [1.82, 2.24) is 24.0 Å². The smallest absolute Gasteiger partial charge is 0.337 e. The van der Waals surface area contributed by atoms with Crippen molar-refractivity contribution in [2.24, 2.45) is 0 Å². The number of benzene rings is 2. The third-order valence-corrected chi connectivity index (χ3v) is 7.96. The quantitative estimate of drug-likeness (QED) is 0.330. The van der Waals surface area contributed by atoms with Crippen molar-refractivity contribution in [3.8, 4) is 27.6 Å². The molecule has 1 unspecified atom stereocenters. The molecular formula is C28H28FN5O3S. The van der Waals surface area contributed by atoms with Crippen LogP contribution in [0.3, 0.4) is 0 Å². The molecule has 0 aliphatic carbocycles. The molecule has 196 valence electrons. The van der Waals surface area contributed by atoms with Crippen LogP contribution in [0.2, 0.25) is 0 Å². The fraction of sp³-hybridized carbons (Fsp3) is 0.250.